The highest BCUT2D eigenvalue weighted by Crippen LogP contribution is 2.27. The molecule has 1 heterocycles. The van der Waals surface area contributed by atoms with E-state index < -0.39 is 23.9 Å². The van der Waals surface area contributed by atoms with Crippen LogP contribution in [0.25, 0.3) is 21.5 Å². The first-order chi connectivity index (χ1) is 28.3. The highest BCUT2D eigenvalue weighted by atomic mass is 16.7. The molecule has 10 heteroatoms. The minimum Gasteiger partial charge on any atom is -0.465 e. The van der Waals surface area contributed by atoms with E-state index in [1.54, 1.807) is 48.5 Å². The van der Waals surface area contributed by atoms with Crippen LogP contribution in [0.4, 0.5) is 0 Å². The minimum atomic E-state index is -0.596. The second-order valence-electron chi connectivity index (χ2n) is 13.6. The fraction of sp³-hybridized carbons (Fsp3) is 0.125. The van der Waals surface area contributed by atoms with E-state index in [9.17, 15) is 19.2 Å². The third kappa shape index (κ3) is 9.21. The molecule has 0 N–H and O–H groups in total. The number of ether oxygens (including phenoxy) is 6. The van der Waals surface area contributed by atoms with Gasteiger partial charge in [0, 0.05) is 6.42 Å². The first kappa shape index (κ1) is 37.6. The lowest BCUT2D eigenvalue weighted by Crippen LogP contribution is -2.24. The van der Waals surface area contributed by atoms with E-state index >= 15 is 0 Å². The third-order valence-electron chi connectivity index (χ3n) is 9.52. The number of hydrogen-bond donors (Lipinski definition) is 0. The number of fused-ring (bicyclic) bond motifs is 2. The molecule has 0 saturated carbocycles. The molecule has 1 aliphatic rings. The Kier molecular flexibility index (Phi) is 11.2. The van der Waals surface area contributed by atoms with Crippen LogP contribution in [-0.4, -0.2) is 36.8 Å². The topological polar surface area (TPSA) is 124 Å². The maximum atomic E-state index is 13.0. The number of esters is 4. The van der Waals surface area contributed by atoms with Crippen molar-refractivity contribution in [3.8, 4) is 23.0 Å². The van der Waals surface area contributed by atoms with Crippen molar-refractivity contribution >= 4 is 45.4 Å². The normalized spacial score (nSPS) is 13.7. The van der Waals surface area contributed by atoms with Crippen LogP contribution in [0, 0.1) is 0 Å². The first-order valence-electron chi connectivity index (χ1n) is 18.8. The molecule has 0 aliphatic carbocycles. The van der Waals surface area contributed by atoms with Crippen LogP contribution in [0.5, 0.6) is 23.0 Å². The summed E-state index contributed by atoms with van der Waals surface area (Å²) in [4.78, 5) is 51.4. The zero-order chi connectivity index (χ0) is 39.8. The molecule has 0 amide bonds. The summed E-state index contributed by atoms with van der Waals surface area (Å²) in [6, 6.07) is 42.7. The van der Waals surface area contributed by atoms with Crippen molar-refractivity contribution in [1.82, 2.24) is 0 Å². The molecule has 1 unspecified atom stereocenters. The third-order valence-corrected chi connectivity index (χ3v) is 9.52. The smallest absolute Gasteiger partial charge is 0.343 e. The Morgan fingerprint density at radius 2 is 0.931 bits per heavy atom. The summed E-state index contributed by atoms with van der Waals surface area (Å²) >= 11 is 0. The predicted molar refractivity (Wildman–Crippen MR) is 215 cm³/mol. The van der Waals surface area contributed by atoms with Crippen LogP contribution in [-0.2, 0) is 16.1 Å². The highest BCUT2D eigenvalue weighted by molar-refractivity contribution is 5.98. The summed E-state index contributed by atoms with van der Waals surface area (Å²) in [5, 5.41) is 3.25. The van der Waals surface area contributed by atoms with Gasteiger partial charge in [0.05, 0.1) is 28.9 Å². The molecule has 1 aliphatic heterocycles. The summed E-state index contributed by atoms with van der Waals surface area (Å²) in [6.07, 6.45) is 2.74. The maximum absolute atomic E-state index is 13.0. The molecule has 58 heavy (non-hydrogen) atoms. The van der Waals surface area contributed by atoms with Gasteiger partial charge in [0.15, 0.2) is 6.29 Å². The van der Waals surface area contributed by atoms with E-state index in [4.69, 9.17) is 28.4 Å². The maximum Gasteiger partial charge on any atom is 0.343 e. The minimum absolute atomic E-state index is 0.153. The second-order valence-corrected chi connectivity index (χ2v) is 13.6. The Bertz CT molecular complexity index is 2610. The summed E-state index contributed by atoms with van der Waals surface area (Å²) in [6.45, 7) is 0.854. The van der Waals surface area contributed by atoms with Gasteiger partial charge in [-0.25, -0.2) is 19.2 Å². The summed E-state index contributed by atoms with van der Waals surface area (Å²) in [7, 11) is 0. The van der Waals surface area contributed by atoms with Crippen LogP contribution in [0.3, 0.4) is 0 Å². The summed E-state index contributed by atoms with van der Waals surface area (Å²) < 4.78 is 33.7. The Balaban J connectivity index is 0.833. The zero-order valence-corrected chi connectivity index (χ0v) is 31.1. The second kappa shape index (κ2) is 17.2. The molecule has 0 radical (unpaired) electrons. The number of rotatable bonds is 11. The Hall–Kier alpha value is -7.30. The van der Waals surface area contributed by atoms with Gasteiger partial charge in [0.1, 0.15) is 29.6 Å². The van der Waals surface area contributed by atoms with Crippen LogP contribution in [0.1, 0.15) is 66.3 Å². The van der Waals surface area contributed by atoms with Gasteiger partial charge in [-0.3, -0.25) is 0 Å². The SMILES string of the molecule is O=C(OCc1ccccc1)c1ccc(OC(=O)c2ccc3cc(OC(=O)c4ccc(OC(=O)c5ccc6cc(OC7CCCCO7)ccc6c5)cc4)ccc3c2)cc1. The van der Waals surface area contributed by atoms with Crippen molar-refractivity contribution in [2.24, 2.45) is 0 Å². The van der Waals surface area contributed by atoms with Gasteiger partial charge in [-0.1, -0.05) is 54.6 Å². The molecule has 1 atom stereocenters. The predicted octanol–water partition coefficient (Wildman–Crippen LogP) is 9.91. The van der Waals surface area contributed by atoms with E-state index in [0.717, 1.165) is 46.4 Å². The summed E-state index contributed by atoms with van der Waals surface area (Å²) in [5.41, 5.74) is 2.17. The molecule has 1 saturated heterocycles. The molecule has 7 aromatic carbocycles. The largest absolute Gasteiger partial charge is 0.465 e. The van der Waals surface area contributed by atoms with Crippen molar-refractivity contribution in [3.05, 3.63) is 179 Å². The lowest BCUT2D eigenvalue weighted by Gasteiger charge is -2.23. The van der Waals surface area contributed by atoms with Crippen molar-refractivity contribution in [1.29, 1.82) is 0 Å². The number of benzene rings is 7. The van der Waals surface area contributed by atoms with E-state index in [1.165, 1.54) is 48.5 Å². The monoisotopic (exact) mass is 772 g/mol. The van der Waals surface area contributed by atoms with E-state index in [2.05, 4.69) is 0 Å². The van der Waals surface area contributed by atoms with Crippen molar-refractivity contribution in [2.75, 3.05) is 6.61 Å². The number of carbonyl (C=O) groups is 4. The van der Waals surface area contributed by atoms with Crippen molar-refractivity contribution in [3.63, 3.8) is 0 Å². The fourth-order valence-corrected chi connectivity index (χ4v) is 6.42. The van der Waals surface area contributed by atoms with Crippen molar-refractivity contribution in [2.45, 2.75) is 32.2 Å². The number of hydrogen-bond acceptors (Lipinski definition) is 10. The van der Waals surface area contributed by atoms with Gasteiger partial charge in [-0.2, -0.15) is 0 Å². The van der Waals surface area contributed by atoms with Gasteiger partial charge >= 0.3 is 23.9 Å². The molecule has 8 rings (SSSR count). The zero-order valence-electron chi connectivity index (χ0n) is 31.1. The molecule has 10 nitrogen and oxygen atoms in total. The van der Waals surface area contributed by atoms with Crippen LogP contribution in [0.2, 0.25) is 0 Å². The molecule has 0 spiro atoms. The van der Waals surface area contributed by atoms with Gasteiger partial charge < -0.3 is 28.4 Å². The van der Waals surface area contributed by atoms with E-state index in [-0.39, 0.29) is 30.0 Å². The average Bonchev–Trinajstić information content (AvgIpc) is 3.26. The van der Waals surface area contributed by atoms with E-state index in [1.807, 2.05) is 54.6 Å². The molecular weight excluding hydrogens is 737 g/mol. The lowest BCUT2D eigenvalue weighted by molar-refractivity contribution is -0.105. The van der Waals surface area contributed by atoms with Crippen LogP contribution < -0.4 is 18.9 Å². The first-order valence-corrected chi connectivity index (χ1v) is 18.8. The molecule has 7 aromatic rings. The quantitative estimate of drug-likeness (QED) is 0.0927. The average molecular weight is 773 g/mol. The molecule has 0 bridgehead atoms. The molecule has 0 aromatic heterocycles. The fourth-order valence-electron chi connectivity index (χ4n) is 6.42. The lowest BCUT2D eigenvalue weighted by atomic mass is 10.1. The summed E-state index contributed by atoms with van der Waals surface area (Å²) in [5.74, 6) is -0.624. The highest BCUT2D eigenvalue weighted by Gasteiger charge is 2.17. The molecule has 1 fully saturated rings. The van der Waals surface area contributed by atoms with Gasteiger partial charge in [-0.15, -0.1) is 0 Å². The molecule has 288 valence electrons. The van der Waals surface area contributed by atoms with Gasteiger partial charge in [0.25, 0.3) is 0 Å². The Labute approximate surface area is 333 Å². The van der Waals surface area contributed by atoms with Crippen molar-refractivity contribution < 1.29 is 47.6 Å². The Morgan fingerprint density at radius 3 is 1.52 bits per heavy atom. The van der Waals surface area contributed by atoms with E-state index in [0.29, 0.717) is 34.8 Å². The standard InChI is InChI=1S/C48H36O10/c49-45(54-30-31-6-2-1-3-7-31)32-13-19-40(20-14-32)56-47(51)39-12-10-37-29-43(24-18-35(37)27-39)58-46(50)33-15-21-41(22-16-33)57-48(52)38-11-9-36-28-42(23-17-34(36)26-38)55-44-8-4-5-25-53-44/h1-3,6-7,9-24,26-29,44H,4-5,8,25,30H2. The Morgan fingerprint density at radius 1 is 0.466 bits per heavy atom. The number of carbonyl (C=O) groups excluding carboxylic acids is 4. The van der Waals surface area contributed by atoms with Gasteiger partial charge in [-0.05, 0) is 137 Å². The van der Waals surface area contributed by atoms with Gasteiger partial charge in [0.2, 0.25) is 0 Å². The molecular formula is C48H36O10. The van der Waals surface area contributed by atoms with Crippen LogP contribution in [0.15, 0.2) is 152 Å². The van der Waals surface area contributed by atoms with Crippen LogP contribution >= 0.6 is 0 Å².